The number of rotatable bonds is 8. The summed E-state index contributed by atoms with van der Waals surface area (Å²) in [5.74, 6) is 0. The Morgan fingerprint density at radius 2 is 2.10 bits per heavy atom. The van der Waals surface area contributed by atoms with Crippen molar-refractivity contribution in [3.8, 4) is 0 Å². The van der Waals surface area contributed by atoms with Gasteiger partial charge in [0.15, 0.2) is 0 Å². The Bertz CT molecular complexity index is 412. The summed E-state index contributed by atoms with van der Waals surface area (Å²) in [5, 5.41) is 3.45. The first-order valence-electron chi connectivity index (χ1n) is 7.94. The van der Waals surface area contributed by atoms with Crippen molar-refractivity contribution in [1.29, 1.82) is 0 Å². The number of anilines is 1. The SMILES string of the molecule is CNC1CCCN(CCCOCCOC)c2ccccc21. The molecule has 4 heteroatoms. The highest BCUT2D eigenvalue weighted by Gasteiger charge is 2.20. The van der Waals surface area contributed by atoms with Gasteiger partial charge in [-0.1, -0.05) is 18.2 Å². The molecule has 0 radical (unpaired) electrons. The summed E-state index contributed by atoms with van der Waals surface area (Å²) in [6, 6.07) is 9.25. The number of fused-ring (bicyclic) bond motifs is 1. The van der Waals surface area contributed by atoms with Gasteiger partial charge in [-0.05, 0) is 37.9 Å². The molecule has 1 aliphatic rings. The highest BCUT2D eigenvalue weighted by Crippen LogP contribution is 2.32. The Labute approximate surface area is 128 Å². The van der Waals surface area contributed by atoms with Crippen molar-refractivity contribution in [2.45, 2.75) is 25.3 Å². The van der Waals surface area contributed by atoms with Gasteiger partial charge >= 0.3 is 0 Å². The summed E-state index contributed by atoms with van der Waals surface area (Å²) in [6.07, 6.45) is 3.49. The fourth-order valence-corrected chi connectivity index (χ4v) is 2.97. The lowest BCUT2D eigenvalue weighted by molar-refractivity contribution is 0.0700. The van der Waals surface area contributed by atoms with Crippen molar-refractivity contribution in [1.82, 2.24) is 5.32 Å². The van der Waals surface area contributed by atoms with Gasteiger partial charge in [-0.3, -0.25) is 0 Å². The Kier molecular flexibility index (Phi) is 7.00. The number of ether oxygens (including phenoxy) is 2. The summed E-state index contributed by atoms with van der Waals surface area (Å²) >= 11 is 0. The van der Waals surface area contributed by atoms with E-state index in [1.54, 1.807) is 7.11 Å². The molecule has 0 fully saturated rings. The van der Waals surface area contributed by atoms with Crippen LogP contribution >= 0.6 is 0 Å². The standard InChI is InChI=1S/C17H28N2O2/c1-18-16-8-5-10-19(11-6-12-21-14-13-20-2)17-9-4-3-7-15(16)17/h3-4,7,9,16,18H,5-6,8,10-14H2,1-2H3. The smallest absolute Gasteiger partial charge is 0.0700 e. The van der Waals surface area contributed by atoms with Crippen molar-refractivity contribution in [3.05, 3.63) is 29.8 Å². The van der Waals surface area contributed by atoms with Crippen LogP contribution in [-0.4, -0.2) is 47.1 Å². The lowest BCUT2D eigenvalue weighted by Gasteiger charge is -2.25. The quantitative estimate of drug-likeness (QED) is 0.747. The molecular weight excluding hydrogens is 264 g/mol. The molecule has 0 spiro atoms. The molecule has 2 rings (SSSR count). The monoisotopic (exact) mass is 292 g/mol. The molecule has 0 saturated carbocycles. The van der Waals surface area contributed by atoms with Crippen LogP contribution in [0.1, 0.15) is 30.9 Å². The van der Waals surface area contributed by atoms with Gasteiger partial charge in [0.2, 0.25) is 0 Å². The minimum Gasteiger partial charge on any atom is -0.382 e. The number of benzene rings is 1. The molecular formula is C17H28N2O2. The van der Waals surface area contributed by atoms with Gasteiger partial charge in [0.05, 0.1) is 13.2 Å². The molecule has 1 heterocycles. The summed E-state index contributed by atoms with van der Waals surface area (Å²) < 4.78 is 10.5. The first-order chi connectivity index (χ1) is 10.4. The zero-order chi connectivity index (χ0) is 14.9. The molecule has 0 saturated heterocycles. The number of nitrogens with zero attached hydrogens (tertiary/aromatic N) is 1. The molecule has 0 bridgehead atoms. The Morgan fingerprint density at radius 1 is 1.24 bits per heavy atom. The third kappa shape index (κ3) is 4.70. The average Bonchev–Trinajstić information content (AvgIpc) is 2.70. The van der Waals surface area contributed by atoms with Crippen molar-refractivity contribution in [2.24, 2.45) is 0 Å². The van der Waals surface area contributed by atoms with Crippen LogP contribution in [0.2, 0.25) is 0 Å². The molecule has 1 aromatic carbocycles. The zero-order valence-corrected chi connectivity index (χ0v) is 13.3. The van der Waals surface area contributed by atoms with Gasteiger partial charge in [0, 0.05) is 38.5 Å². The Hall–Kier alpha value is -1.10. The molecule has 1 atom stereocenters. The minimum absolute atomic E-state index is 0.476. The van der Waals surface area contributed by atoms with Gasteiger partial charge in [-0.2, -0.15) is 0 Å². The number of hydrogen-bond acceptors (Lipinski definition) is 4. The van der Waals surface area contributed by atoms with Crippen LogP contribution < -0.4 is 10.2 Å². The fraction of sp³-hybridized carbons (Fsp3) is 0.647. The largest absolute Gasteiger partial charge is 0.382 e. The van der Waals surface area contributed by atoms with Crippen LogP contribution in [0.25, 0.3) is 0 Å². The molecule has 1 aliphatic heterocycles. The summed E-state index contributed by atoms with van der Waals surface area (Å²) in [7, 11) is 3.76. The second-order valence-corrected chi connectivity index (χ2v) is 5.49. The Morgan fingerprint density at radius 3 is 2.90 bits per heavy atom. The number of methoxy groups -OCH3 is 1. The van der Waals surface area contributed by atoms with Crippen molar-refractivity contribution in [2.75, 3.05) is 52.0 Å². The van der Waals surface area contributed by atoms with E-state index in [1.807, 2.05) is 0 Å². The number of nitrogens with one attached hydrogen (secondary N) is 1. The predicted molar refractivity (Wildman–Crippen MR) is 87.0 cm³/mol. The third-order valence-corrected chi connectivity index (χ3v) is 4.07. The van der Waals surface area contributed by atoms with Crippen LogP contribution in [0.3, 0.4) is 0 Å². The first kappa shape index (κ1) is 16.3. The maximum Gasteiger partial charge on any atom is 0.0700 e. The number of hydrogen-bond donors (Lipinski definition) is 1. The van der Waals surface area contributed by atoms with Gasteiger partial charge < -0.3 is 19.7 Å². The van der Waals surface area contributed by atoms with Gasteiger partial charge in [-0.25, -0.2) is 0 Å². The molecule has 0 aromatic heterocycles. The highest BCUT2D eigenvalue weighted by molar-refractivity contribution is 5.55. The van der Waals surface area contributed by atoms with E-state index in [1.165, 1.54) is 24.1 Å². The maximum atomic E-state index is 5.56. The molecule has 1 unspecified atom stereocenters. The summed E-state index contributed by atoms with van der Waals surface area (Å²) in [4.78, 5) is 2.51. The molecule has 21 heavy (non-hydrogen) atoms. The topological polar surface area (TPSA) is 33.7 Å². The molecule has 1 N–H and O–H groups in total. The molecule has 1 aromatic rings. The van der Waals surface area contributed by atoms with E-state index in [0.717, 1.165) is 26.1 Å². The van der Waals surface area contributed by atoms with E-state index < -0.39 is 0 Å². The summed E-state index contributed by atoms with van der Waals surface area (Å²) in [6.45, 7) is 4.36. The average molecular weight is 292 g/mol. The van der Waals surface area contributed by atoms with Crippen molar-refractivity contribution >= 4 is 5.69 Å². The summed E-state index contributed by atoms with van der Waals surface area (Å²) in [5.41, 5.74) is 2.81. The first-order valence-corrected chi connectivity index (χ1v) is 7.94. The van der Waals surface area contributed by atoms with Gasteiger partial charge in [-0.15, -0.1) is 0 Å². The normalized spacial score (nSPS) is 18.4. The van der Waals surface area contributed by atoms with Gasteiger partial charge in [0.25, 0.3) is 0 Å². The molecule has 0 amide bonds. The van der Waals surface area contributed by atoms with Gasteiger partial charge in [0.1, 0.15) is 0 Å². The third-order valence-electron chi connectivity index (χ3n) is 4.07. The minimum atomic E-state index is 0.476. The molecule has 118 valence electrons. The number of para-hydroxylation sites is 1. The Balaban J connectivity index is 1.90. The van der Waals surface area contributed by atoms with Crippen LogP contribution in [0.15, 0.2) is 24.3 Å². The lowest BCUT2D eigenvalue weighted by atomic mass is 10.0. The highest BCUT2D eigenvalue weighted by atomic mass is 16.5. The maximum absolute atomic E-state index is 5.56. The zero-order valence-electron chi connectivity index (χ0n) is 13.3. The van der Waals surface area contributed by atoms with Crippen molar-refractivity contribution in [3.63, 3.8) is 0 Å². The van der Waals surface area contributed by atoms with Crippen LogP contribution in [-0.2, 0) is 9.47 Å². The van der Waals surface area contributed by atoms with Crippen LogP contribution in [0, 0.1) is 0 Å². The van der Waals surface area contributed by atoms with E-state index in [2.05, 4.69) is 41.5 Å². The molecule has 0 aliphatic carbocycles. The fourth-order valence-electron chi connectivity index (χ4n) is 2.97. The van der Waals surface area contributed by atoms with E-state index in [0.29, 0.717) is 19.3 Å². The van der Waals surface area contributed by atoms with E-state index in [9.17, 15) is 0 Å². The van der Waals surface area contributed by atoms with E-state index in [-0.39, 0.29) is 0 Å². The van der Waals surface area contributed by atoms with Crippen LogP contribution in [0.5, 0.6) is 0 Å². The second kappa shape index (κ2) is 9.03. The van der Waals surface area contributed by atoms with Crippen molar-refractivity contribution < 1.29 is 9.47 Å². The van der Waals surface area contributed by atoms with Crippen LogP contribution in [0.4, 0.5) is 5.69 Å². The lowest BCUT2D eigenvalue weighted by Crippen LogP contribution is -2.26. The van der Waals surface area contributed by atoms with E-state index in [4.69, 9.17) is 9.47 Å². The predicted octanol–water partition coefficient (Wildman–Crippen LogP) is 2.60. The van der Waals surface area contributed by atoms with E-state index >= 15 is 0 Å². The second-order valence-electron chi connectivity index (χ2n) is 5.49. The molecule has 4 nitrogen and oxygen atoms in total.